The van der Waals surface area contributed by atoms with Gasteiger partial charge in [0.25, 0.3) is 5.91 Å². The van der Waals surface area contributed by atoms with Crippen LogP contribution in [0.2, 0.25) is 5.02 Å². The van der Waals surface area contributed by atoms with Gasteiger partial charge in [0.1, 0.15) is 0 Å². The van der Waals surface area contributed by atoms with Gasteiger partial charge in [-0.2, -0.15) is 5.10 Å². The van der Waals surface area contributed by atoms with Gasteiger partial charge in [-0.15, -0.1) is 0 Å². The molecule has 0 saturated heterocycles. The maximum absolute atomic E-state index is 13.1. The van der Waals surface area contributed by atoms with E-state index in [0.29, 0.717) is 22.8 Å². The Kier molecular flexibility index (Phi) is 6.72. The first kappa shape index (κ1) is 23.5. The third kappa shape index (κ3) is 5.65. The number of carbonyl (C=O) groups excluding carboxylic acids is 1. The number of rotatable bonds is 7. The van der Waals surface area contributed by atoms with Crippen LogP contribution in [0.1, 0.15) is 15.9 Å². The standard InChI is InChI=1S/C25H23ClN4O3S/c1-29(25(31)19-7-6-8-22(15-19)28-34(2,32)33)16-20-17-30(23-9-4-3-5-10-23)27-24(20)18-11-13-21(26)14-12-18/h3-15,17,28H,16H2,1-2H3. The van der Waals surface area contributed by atoms with Gasteiger partial charge in [-0.05, 0) is 42.5 Å². The summed E-state index contributed by atoms with van der Waals surface area (Å²) in [4.78, 5) is 14.7. The van der Waals surface area contributed by atoms with Crippen LogP contribution in [0, 0.1) is 0 Å². The first-order chi connectivity index (χ1) is 16.2. The molecule has 4 aromatic rings. The van der Waals surface area contributed by atoms with E-state index in [9.17, 15) is 13.2 Å². The Morgan fingerprint density at radius 3 is 2.41 bits per heavy atom. The number of aromatic nitrogens is 2. The fourth-order valence-electron chi connectivity index (χ4n) is 3.57. The number of benzene rings is 3. The zero-order valence-corrected chi connectivity index (χ0v) is 20.2. The predicted molar refractivity (Wildman–Crippen MR) is 135 cm³/mol. The molecule has 9 heteroatoms. The van der Waals surface area contributed by atoms with Crippen LogP contribution in [0.15, 0.2) is 85.1 Å². The highest BCUT2D eigenvalue weighted by molar-refractivity contribution is 7.92. The zero-order valence-electron chi connectivity index (χ0n) is 18.6. The number of nitrogens with one attached hydrogen (secondary N) is 1. The van der Waals surface area contributed by atoms with Crippen molar-refractivity contribution in [3.05, 3.63) is 101 Å². The highest BCUT2D eigenvalue weighted by Gasteiger charge is 2.18. The molecule has 0 radical (unpaired) electrons. The lowest BCUT2D eigenvalue weighted by molar-refractivity contribution is 0.0785. The Morgan fingerprint density at radius 1 is 1.03 bits per heavy atom. The molecule has 0 bridgehead atoms. The van der Waals surface area contributed by atoms with Crippen LogP contribution in [-0.4, -0.2) is 42.3 Å². The van der Waals surface area contributed by atoms with E-state index in [1.165, 1.54) is 6.07 Å². The summed E-state index contributed by atoms with van der Waals surface area (Å²) in [5.41, 5.74) is 4.09. The smallest absolute Gasteiger partial charge is 0.253 e. The minimum absolute atomic E-state index is 0.244. The van der Waals surface area contributed by atoms with Crippen molar-refractivity contribution >= 4 is 33.2 Å². The highest BCUT2D eigenvalue weighted by Crippen LogP contribution is 2.26. The molecule has 1 amide bonds. The Labute approximate surface area is 203 Å². The zero-order chi connectivity index (χ0) is 24.3. The van der Waals surface area contributed by atoms with E-state index in [-0.39, 0.29) is 5.91 Å². The van der Waals surface area contributed by atoms with Crippen LogP contribution in [-0.2, 0) is 16.6 Å². The van der Waals surface area contributed by atoms with Crippen molar-refractivity contribution in [2.24, 2.45) is 0 Å². The minimum Gasteiger partial charge on any atom is -0.337 e. The number of hydrogen-bond acceptors (Lipinski definition) is 4. The number of carbonyl (C=O) groups is 1. The second-order valence-electron chi connectivity index (χ2n) is 7.91. The molecule has 174 valence electrons. The Bertz CT molecular complexity index is 1420. The van der Waals surface area contributed by atoms with Crippen LogP contribution < -0.4 is 4.72 Å². The van der Waals surface area contributed by atoms with Crippen LogP contribution in [0.5, 0.6) is 0 Å². The molecule has 0 saturated carbocycles. The summed E-state index contributed by atoms with van der Waals surface area (Å²) in [5, 5.41) is 5.41. The van der Waals surface area contributed by atoms with Gasteiger partial charge in [0, 0.05) is 47.2 Å². The lowest BCUT2D eigenvalue weighted by Crippen LogP contribution is -2.26. The summed E-state index contributed by atoms with van der Waals surface area (Å²) < 4.78 is 27.3. The number of amides is 1. The van der Waals surface area contributed by atoms with Crippen molar-refractivity contribution in [3.8, 4) is 16.9 Å². The fourth-order valence-corrected chi connectivity index (χ4v) is 4.25. The molecule has 7 nitrogen and oxygen atoms in total. The average Bonchev–Trinajstić information content (AvgIpc) is 3.22. The maximum Gasteiger partial charge on any atom is 0.253 e. The molecule has 1 aromatic heterocycles. The maximum atomic E-state index is 13.1. The molecular weight excluding hydrogens is 472 g/mol. The summed E-state index contributed by atoms with van der Waals surface area (Å²) >= 11 is 6.07. The normalized spacial score (nSPS) is 11.3. The van der Waals surface area contributed by atoms with Crippen LogP contribution in [0.4, 0.5) is 5.69 Å². The van der Waals surface area contributed by atoms with E-state index in [2.05, 4.69) is 4.72 Å². The summed E-state index contributed by atoms with van der Waals surface area (Å²) in [5.74, 6) is -0.244. The molecular formula is C25H23ClN4O3S. The van der Waals surface area contributed by atoms with Gasteiger partial charge in [-0.3, -0.25) is 9.52 Å². The fraction of sp³-hybridized carbons (Fsp3) is 0.120. The largest absolute Gasteiger partial charge is 0.337 e. The van der Waals surface area contributed by atoms with Crippen molar-refractivity contribution in [1.82, 2.24) is 14.7 Å². The third-order valence-electron chi connectivity index (χ3n) is 5.10. The number of hydrogen-bond donors (Lipinski definition) is 1. The SMILES string of the molecule is CN(Cc1cn(-c2ccccc2)nc1-c1ccc(Cl)cc1)C(=O)c1cccc(NS(C)(=O)=O)c1. The van der Waals surface area contributed by atoms with E-state index in [0.717, 1.165) is 28.8 Å². The molecule has 1 N–H and O–H groups in total. The lowest BCUT2D eigenvalue weighted by Gasteiger charge is -2.18. The molecule has 0 unspecified atom stereocenters. The van der Waals surface area contributed by atoms with E-state index in [1.54, 1.807) is 47.0 Å². The molecule has 4 rings (SSSR count). The third-order valence-corrected chi connectivity index (χ3v) is 5.95. The molecule has 0 aliphatic rings. The number of nitrogens with zero attached hydrogens (tertiary/aromatic N) is 3. The molecule has 34 heavy (non-hydrogen) atoms. The molecule has 0 atom stereocenters. The quantitative estimate of drug-likeness (QED) is 0.398. The van der Waals surface area contributed by atoms with Crippen LogP contribution in [0.3, 0.4) is 0 Å². The van der Waals surface area contributed by atoms with Gasteiger partial charge >= 0.3 is 0 Å². The molecule has 3 aromatic carbocycles. The van der Waals surface area contributed by atoms with Gasteiger partial charge in [0.2, 0.25) is 10.0 Å². The van der Waals surface area contributed by atoms with Gasteiger partial charge in [-0.1, -0.05) is 48.0 Å². The molecule has 0 aliphatic carbocycles. The Balaban J connectivity index is 1.65. The first-order valence-electron chi connectivity index (χ1n) is 10.4. The lowest BCUT2D eigenvalue weighted by atomic mass is 10.1. The molecule has 0 spiro atoms. The van der Waals surface area contributed by atoms with Gasteiger partial charge in [-0.25, -0.2) is 13.1 Å². The Morgan fingerprint density at radius 2 is 1.74 bits per heavy atom. The number of halogens is 1. The van der Waals surface area contributed by atoms with Gasteiger partial charge < -0.3 is 4.90 Å². The summed E-state index contributed by atoms with van der Waals surface area (Å²) in [6.07, 6.45) is 2.97. The van der Waals surface area contributed by atoms with Crippen molar-refractivity contribution in [2.45, 2.75) is 6.54 Å². The average molecular weight is 495 g/mol. The van der Waals surface area contributed by atoms with Crippen molar-refractivity contribution in [2.75, 3.05) is 18.0 Å². The van der Waals surface area contributed by atoms with Crippen LogP contribution in [0.25, 0.3) is 16.9 Å². The number of anilines is 1. The van der Waals surface area contributed by atoms with Crippen molar-refractivity contribution in [3.63, 3.8) is 0 Å². The second-order valence-corrected chi connectivity index (χ2v) is 10.1. The van der Waals surface area contributed by atoms with E-state index < -0.39 is 10.0 Å². The first-order valence-corrected chi connectivity index (χ1v) is 12.7. The monoisotopic (exact) mass is 494 g/mol. The molecule has 0 fully saturated rings. The highest BCUT2D eigenvalue weighted by atomic mass is 35.5. The van der Waals surface area contributed by atoms with Crippen molar-refractivity contribution in [1.29, 1.82) is 0 Å². The number of sulfonamides is 1. The van der Waals surface area contributed by atoms with Crippen LogP contribution >= 0.6 is 11.6 Å². The summed E-state index contributed by atoms with van der Waals surface area (Å²) in [6.45, 7) is 0.299. The minimum atomic E-state index is -3.45. The van der Waals surface area contributed by atoms with E-state index >= 15 is 0 Å². The molecule has 1 heterocycles. The number of para-hydroxylation sites is 1. The van der Waals surface area contributed by atoms with Crippen molar-refractivity contribution < 1.29 is 13.2 Å². The predicted octanol–water partition coefficient (Wildman–Crippen LogP) is 4.84. The topological polar surface area (TPSA) is 84.3 Å². The van der Waals surface area contributed by atoms with Gasteiger partial charge in [0.05, 0.1) is 17.6 Å². The van der Waals surface area contributed by atoms with Gasteiger partial charge in [0.15, 0.2) is 0 Å². The summed E-state index contributed by atoms with van der Waals surface area (Å²) in [6, 6.07) is 23.5. The second kappa shape index (κ2) is 9.70. The van der Waals surface area contributed by atoms with E-state index in [4.69, 9.17) is 16.7 Å². The summed E-state index contributed by atoms with van der Waals surface area (Å²) in [7, 11) is -1.75. The Hall–Kier alpha value is -3.62. The molecule has 0 aliphatic heterocycles. The van der Waals surface area contributed by atoms with E-state index in [1.807, 2.05) is 48.7 Å².